The van der Waals surface area contributed by atoms with Crippen molar-refractivity contribution in [3.8, 4) is 0 Å². The molecule has 3 nitrogen and oxygen atoms in total. The van der Waals surface area contributed by atoms with Crippen LogP contribution in [0.5, 0.6) is 0 Å². The molecular weight excluding hydrogens is 234 g/mol. The standard InChI is InChI=1S/C16H27N3/c1-13-11-14(2)16(15(3)12-13)18-5-4-8-19-9-6-17-7-10-19/h11-12,17-18H,4-10H2,1-3H3. The Morgan fingerprint density at radius 1 is 1.11 bits per heavy atom. The first-order valence-corrected chi connectivity index (χ1v) is 7.41. The van der Waals surface area contributed by atoms with Gasteiger partial charge in [-0.25, -0.2) is 0 Å². The summed E-state index contributed by atoms with van der Waals surface area (Å²) in [6, 6.07) is 4.51. The maximum atomic E-state index is 3.61. The minimum Gasteiger partial charge on any atom is -0.385 e. The molecule has 19 heavy (non-hydrogen) atoms. The fourth-order valence-electron chi connectivity index (χ4n) is 2.91. The normalized spacial score (nSPS) is 16.6. The highest BCUT2D eigenvalue weighted by Gasteiger charge is 2.08. The summed E-state index contributed by atoms with van der Waals surface area (Å²) < 4.78 is 0. The molecule has 0 aromatic heterocycles. The minimum atomic E-state index is 1.06. The number of anilines is 1. The van der Waals surface area contributed by atoms with Gasteiger partial charge in [0.05, 0.1) is 0 Å². The van der Waals surface area contributed by atoms with Crippen LogP contribution in [-0.4, -0.2) is 44.2 Å². The van der Waals surface area contributed by atoms with Gasteiger partial charge in [-0.15, -0.1) is 0 Å². The molecule has 1 aliphatic rings. The van der Waals surface area contributed by atoms with Crippen LogP contribution in [0, 0.1) is 20.8 Å². The smallest absolute Gasteiger partial charge is 0.0399 e. The van der Waals surface area contributed by atoms with Crippen LogP contribution in [0.1, 0.15) is 23.1 Å². The third-order valence-electron chi connectivity index (χ3n) is 3.84. The third kappa shape index (κ3) is 4.22. The average molecular weight is 261 g/mol. The van der Waals surface area contributed by atoms with Crippen molar-refractivity contribution in [1.29, 1.82) is 0 Å². The first-order chi connectivity index (χ1) is 9.16. The largest absolute Gasteiger partial charge is 0.385 e. The Kier molecular flexibility index (Phi) is 5.23. The Labute approximate surface area is 117 Å². The van der Waals surface area contributed by atoms with Crippen molar-refractivity contribution in [2.75, 3.05) is 44.6 Å². The van der Waals surface area contributed by atoms with Crippen LogP contribution in [0.15, 0.2) is 12.1 Å². The van der Waals surface area contributed by atoms with Crippen molar-refractivity contribution in [3.05, 3.63) is 28.8 Å². The molecule has 1 heterocycles. The van der Waals surface area contributed by atoms with Crippen molar-refractivity contribution < 1.29 is 0 Å². The van der Waals surface area contributed by atoms with Gasteiger partial charge in [0.1, 0.15) is 0 Å². The highest BCUT2D eigenvalue weighted by Crippen LogP contribution is 2.21. The number of hydrogen-bond donors (Lipinski definition) is 2. The van der Waals surface area contributed by atoms with Gasteiger partial charge in [-0.05, 0) is 44.9 Å². The van der Waals surface area contributed by atoms with Gasteiger partial charge < -0.3 is 15.5 Å². The maximum Gasteiger partial charge on any atom is 0.0399 e. The van der Waals surface area contributed by atoms with Gasteiger partial charge >= 0.3 is 0 Å². The SMILES string of the molecule is Cc1cc(C)c(NCCCN2CCNCC2)c(C)c1. The Bertz CT molecular complexity index is 385. The van der Waals surface area contributed by atoms with E-state index in [0.717, 1.165) is 19.6 Å². The molecule has 3 heteroatoms. The summed E-state index contributed by atoms with van der Waals surface area (Å²) in [5.74, 6) is 0. The zero-order chi connectivity index (χ0) is 13.7. The molecule has 1 aromatic carbocycles. The maximum absolute atomic E-state index is 3.61. The summed E-state index contributed by atoms with van der Waals surface area (Å²) in [7, 11) is 0. The molecule has 1 aliphatic heterocycles. The summed E-state index contributed by atoms with van der Waals surface area (Å²) in [5.41, 5.74) is 5.40. The zero-order valence-electron chi connectivity index (χ0n) is 12.6. The number of aryl methyl sites for hydroxylation is 3. The van der Waals surface area contributed by atoms with Crippen LogP contribution in [0.2, 0.25) is 0 Å². The first kappa shape index (κ1) is 14.4. The summed E-state index contributed by atoms with van der Waals surface area (Å²) >= 11 is 0. The molecule has 0 atom stereocenters. The van der Waals surface area contributed by atoms with Crippen molar-refractivity contribution in [1.82, 2.24) is 10.2 Å². The fraction of sp³-hybridized carbons (Fsp3) is 0.625. The van der Waals surface area contributed by atoms with E-state index in [1.165, 1.54) is 48.4 Å². The van der Waals surface area contributed by atoms with Crippen molar-refractivity contribution in [2.24, 2.45) is 0 Å². The molecule has 0 radical (unpaired) electrons. The van der Waals surface area contributed by atoms with E-state index in [1.54, 1.807) is 0 Å². The molecule has 1 fully saturated rings. The Morgan fingerprint density at radius 2 is 1.74 bits per heavy atom. The number of rotatable bonds is 5. The van der Waals surface area contributed by atoms with Gasteiger partial charge in [-0.3, -0.25) is 0 Å². The highest BCUT2D eigenvalue weighted by molar-refractivity contribution is 5.58. The molecule has 0 aliphatic carbocycles. The summed E-state index contributed by atoms with van der Waals surface area (Å²) in [6.07, 6.45) is 1.22. The third-order valence-corrected chi connectivity index (χ3v) is 3.84. The molecule has 0 amide bonds. The van der Waals surface area contributed by atoms with E-state index in [1.807, 2.05) is 0 Å². The lowest BCUT2D eigenvalue weighted by Gasteiger charge is -2.27. The van der Waals surface area contributed by atoms with Crippen molar-refractivity contribution in [3.63, 3.8) is 0 Å². The predicted octanol–water partition coefficient (Wildman–Crippen LogP) is 2.32. The molecule has 0 saturated carbocycles. The van der Waals surface area contributed by atoms with E-state index < -0.39 is 0 Å². The molecular formula is C16H27N3. The van der Waals surface area contributed by atoms with Crippen LogP contribution in [0.4, 0.5) is 5.69 Å². The number of piperazine rings is 1. The van der Waals surface area contributed by atoms with E-state index in [9.17, 15) is 0 Å². The molecule has 0 unspecified atom stereocenters. The lowest BCUT2D eigenvalue weighted by Crippen LogP contribution is -2.44. The van der Waals surface area contributed by atoms with Gasteiger partial charge in [0, 0.05) is 38.4 Å². The zero-order valence-corrected chi connectivity index (χ0v) is 12.6. The van der Waals surface area contributed by atoms with Gasteiger partial charge in [0.2, 0.25) is 0 Å². The van der Waals surface area contributed by atoms with Gasteiger partial charge in [-0.1, -0.05) is 17.7 Å². The summed E-state index contributed by atoms with van der Waals surface area (Å²) in [5, 5.41) is 7.00. The molecule has 2 N–H and O–H groups in total. The lowest BCUT2D eigenvalue weighted by molar-refractivity contribution is 0.240. The second-order valence-corrected chi connectivity index (χ2v) is 5.65. The van der Waals surface area contributed by atoms with Gasteiger partial charge in [0.25, 0.3) is 0 Å². The average Bonchev–Trinajstić information content (AvgIpc) is 2.38. The lowest BCUT2D eigenvalue weighted by atomic mass is 10.1. The number of benzene rings is 1. The van der Waals surface area contributed by atoms with E-state index in [2.05, 4.69) is 48.4 Å². The monoisotopic (exact) mass is 261 g/mol. The number of nitrogens with one attached hydrogen (secondary N) is 2. The van der Waals surface area contributed by atoms with Crippen LogP contribution in [-0.2, 0) is 0 Å². The van der Waals surface area contributed by atoms with Crippen LogP contribution < -0.4 is 10.6 Å². The second kappa shape index (κ2) is 6.92. The first-order valence-electron chi connectivity index (χ1n) is 7.41. The van der Waals surface area contributed by atoms with Crippen molar-refractivity contribution >= 4 is 5.69 Å². The topological polar surface area (TPSA) is 27.3 Å². The van der Waals surface area contributed by atoms with Crippen LogP contribution in [0.25, 0.3) is 0 Å². The molecule has 2 rings (SSSR count). The molecule has 1 aromatic rings. The van der Waals surface area contributed by atoms with Crippen LogP contribution >= 0.6 is 0 Å². The second-order valence-electron chi connectivity index (χ2n) is 5.65. The minimum absolute atomic E-state index is 1.06. The van der Waals surface area contributed by atoms with Crippen molar-refractivity contribution in [2.45, 2.75) is 27.2 Å². The van der Waals surface area contributed by atoms with E-state index in [4.69, 9.17) is 0 Å². The molecule has 106 valence electrons. The summed E-state index contributed by atoms with van der Waals surface area (Å²) in [4.78, 5) is 2.55. The Hall–Kier alpha value is -1.06. The Morgan fingerprint density at radius 3 is 2.37 bits per heavy atom. The molecule has 1 saturated heterocycles. The van der Waals surface area contributed by atoms with E-state index in [-0.39, 0.29) is 0 Å². The number of hydrogen-bond acceptors (Lipinski definition) is 3. The molecule has 0 bridgehead atoms. The van der Waals surface area contributed by atoms with Gasteiger partial charge in [0.15, 0.2) is 0 Å². The quantitative estimate of drug-likeness (QED) is 0.797. The van der Waals surface area contributed by atoms with Crippen LogP contribution in [0.3, 0.4) is 0 Å². The Balaban J connectivity index is 1.76. The van der Waals surface area contributed by atoms with E-state index in [0.29, 0.717) is 0 Å². The highest BCUT2D eigenvalue weighted by atomic mass is 15.2. The fourth-order valence-corrected chi connectivity index (χ4v) is 2.91. The van der Waals surface area contributed by atoms with Gasteiger partial charge in [-0.2, -0.15) is 0 Å². The summed E-state index contributed by atoms with van der Waals surface area (Å²) in [6.45, 7) is 13.5. The van der Waals surface area contributed by atoms with E-state index >= 15 is 0 Å². The molecule has 0 spiro atoms. The number of nitrogens with zero attached hydrogens (tertiary/aromatic N) is 1. The predicted molar refractivity (Wildman–Crippen MR) is 83.1 cm³/mol.